The lowest BCUT2D eigenvalue weighted by Crippen LogP contribution is -2.14. The maximum Gasteiger partial charge on any atom is 0.0774 e. The van der Waals surface area contributed by atoms with Crippen LogP contribution in [-0.2, 0) is 0 Å². The molecule has 1 unspecified atom stereocenters. The third-order valence-electron chi connectivity index (χ3n) is 0.816. The van der Waals surface area contributed by atoms with Gasteiger partial charge >= 0.3 is 0 Å². The van der Waals surface area contributed by atoms with Crippen LogP contribution in [0.5, 0.6) is 0 Å². The number of aliphatic hydroxyl groups is 2. The van der Waals surface area contributed by atoms with Crippen LogP contribution >= 0.6 is 0 Å². The van der Waals surface area contributed by atoms with E-state index in [0.29, 0.717) is 13.0 Å². The number of hydrogen-bond donors (Lipinski definition) is 3. The van der Waals surface area contributed by atoms with E-state index in [1.54, 1.807) is 6.42 Å². The highest BCUT2D eigenvalue weighted by molar-refractivity contribution is 4.69. The van der Waals surface area contributed by atoms with Gasteiger partial charge < -0.3 is 15.9 Å². The predicted molar refractivity (Wildman–Crippen MR) is 31.1 cm³/mol. The Kier molecular flexibility index (Phi) is 4.95. The van der Waals surface area contributed by atoms with Gasteiger partial charge in [0.05, 0.1) is 12.7 Å². The fraction of sp³-hybridized carbons (Fsp3) is 0.800. The van der Waals surface area contributed by atoms with Gasteiger partial charge in [-0.05, 0) is 19.4 Å². The van der Waals surface area contributed by atoms with E-state index in [1.807, 2.05) is 0 Å². The minimum absolute atomic E-state index is 0.184. The molecule has 0 heterocycles. The van der Waals surface area contributed by atoms with E-state index in [0.717, 1.165) is 0 Å². The Hall–Kier alpha value is -0.120. The molecule has 0 aliphatic heterocycles. The van der Waals surface area contributed by atoms with Crippen molar-refractivity contribution in [3.63, 3.8) is 0 Å². The van der Waals surface area contributed by atoms with Gasteiger partial charge in [0.25, 0.3) is 0 Å². The summed E-state index contributed by atoms with van der Waals surface area (Å²) < 4.78 is 0. The van der Waals surface area contributed by atoms with Gasteiger partial charge in [-0.1, -0.05) is 0 Å². The zero-order chi connectivity index (χ0) is 6.41. The fourth-order valence-corrected chi connectivity index (χ4v) is 0.363. The van der Waals surface area contributed by atoms with Gasteiger partial charge in [0.1, 0.15) is 0 Å². The second-order valence-corrected chi connectivity index (χ2v) is 1.60. The molecule has 4 N–H and O–H groups in total. The van der Waals surface area contributed by atoms with Gasteiger partial charge in [-0.2, -0.15) is 0 Å². The molecule has 1 atom stereocenters. The van der Waals surface area contributed by atoms with Crippen molar-refractivity contribution in [1.82, 2.24) is 0 Å². The van der Waals surface area contributed by atoms with Crippen LogP contribution in [0.1, 0.15) is 6.42 Å². The molecule has 0 aromatic carbocycles. The summed E-state index contributed by atoms with van der Waals surface area (Å²) in [5.74, 6) is 0. The minimum Gasteiger partial charge on any atom is -0.394 e. The molecule has 0 aromatic heterocycles. The zero-order valence-corrected chi connectivity index (χ0v) is 4.75. The van der Waals surface area contributed by atoms with E-state index in [1.165, 1.54) is 0 Å². The lowest BCUT2D eigenvalue weighted by Gasteiger charge is -2.02. The Morgan fingerprint density at radius 2 is 2.25 bits per heavy atom. The van der Waals surface area contributed by atoms with Crippen LogP contribution in [0.3, 0.4) is 0 Å². The van der Waals surface area contributed by atoms with Gasteiger partial charge in [0.15, 0.2) is 0 Å². The quantitative estimate of drug-likeness (QED) is 0.438. The Labute approximate surface area is 49.1 Å². The number of nitrogens with two attached hydrogens (primary N) is 1. The van der Waals surface area contributed by atoms with Gasteiger partial charge in [0, 0.05) is 0 Å². The van der Waals surface area contributed by atoms with Crippen molar-refractivity contribution in [2.24, 2.45) is 5.73 Å². The summed E-state index contributed by atoms with van der Waals surface area (Å²) in [5.41, 5.74) is 5.08. The molecule has 0 saturated carbocycles. The summed E-state index contributed by atoms with van der Waals surface area (Å²) in [6, 6.07) is 0. The number of hydrogen-bond acceptors (Lipinski definition) is 3. The molecule has 0 fully saturated rings. The highest BCUT2D eigenvalue weighted by atomic mass is 16.3. The molecular weight excluding hydrogens is 106 g/mol. The van der Waals surface area contributed by atoms with Crippen molar-refractivity contribution in [3.05, 3.63) is 6.42 Å². The smallest absolute Gasteiger partial charge is 0.0774 e. The van der Waals surface area contributed by atoms with E-state index in [4.69, 9.17) is 15.9 Å². The third-order valence-corrected chi connectivity index (χ3v) is 0.816. The maximum atomic E-state index is 8.65. The van der Waals surface area contributed by atoms with Crippen molar-refractivity contribution < 1.29 is 10.2 Å². The molecule has 0 saturated heterocycles. The Morgan fingerprint density at radius 3 is 2.62 bits per heavy atom. The first kappa shape index (κ1) is 7.88. The third kappa shape index (κ3) is 4.05. The SMILES string of the molecule is NC[CH]CC(O)CO. The van der Waals surface area contributed by atoms with Gasteiger partial charge in [-0.3, -0.25) is 0 Å². The molecule has 3 nitrogen and oxygen atoms in total. The molecule has 0 amide bonds. The van der Waals surface area contributed by atoms with Crippen LogP contribution < -0.4 is 5.73 Å². The summed E-state index contributed by atoms with van der Waals surface area (Å²) in [6.07, 6.45) is 1.58. The Morgan fingerprint density at radius 1 is 1.62 bits per heavy atom. The van der Waals surface area contributed by atoms with Gasteiger partial charge in [0.2, 0.25) is 0 Å². The number of rotatable bonds is 4. The topological polar surface area (TPSA) is 66.5 Å². The Bertz CT molecular complexity index is 49.7. The van der Waals surface area contributed by atoms with Crippen LogP contribution in [0.4, 0.5) is 0 Å². The lowest BCUT2D eigenvalue weighted by molar-refractivity contribution is 0.0945. The van der Waals surface area contributed by atoms with Crippen molar-refractivity contribution >= 4 is 0 Å². The highest BCUT2D eigenvalue weighted by Crippen LogP contribution is 1.90. The normalized spacial score (nSPS) is 13.9. The van der Waals surface area contributed by atoms with Gasteiger partial charge in [-0.25, -0.2) is 0 Å². The molecule has 8 heavy (non-hydrogen) atoms. The van der Waals surface area contributed by atoms with E-state index in [2.05, 4.69) is 0 Å². The first-order valence-corrected chi connectivity index (χ1v) is 2.62. The van der Waals surface area contributed by atoms with Crippen LogP contribution in [0.15, 0.2) is 0 Å². The lowest BCUT2D eigenvalue weighted by atomic mass is 10.2. The summed E-state index contributed by atoms with van der Waals surface area (Å²) >= 11 is 0. The minimum atomic E-state index is -0.626. The average molecular weight is 118 g/mol. The van der Waals surface area contributed by atoms with Crippen LogP contribution in [-0.4, -0.2) is 29.5 Å². The van der Waals surface area contributed by atoms with Crippen molar-refractivity contribution in [2.75, 3.05) is 13.2 Å². The molecule has 0 rings (SSSR count). The second kappa shape index (κ2) is 5.03. The van der Waals surface area contributed by atoms with Crippen LogP contribution in [0, 0.1) is 6.42 Å². The molecule has 1 radical (unpaired) electrons. The Balaban J connectivity index is 2.86. The zero-order valence-electron chi connectivity index (χ0n) is 4.75. The monoisotopic (exact) mass is 118 g/mol. The van der Waals surface area contributed by atoms with Crippen molar-refractivity contribution in [2.45, 2.75) is 12.5 Å². The molecule has 0 aromatic rings. The van der Waals surface area contributed by atoms with Crippen LogP contribution in [0.2, 0.25) is 0 Å². The second-order valence-electron chi connectivity index (χ2n) is 1.60. The summed E-state index contributed by atoms with van der Waals surface area (Å²) in [7, 11) is 0. The average Bonchev–Trinajstić information content (AvgIpc) is 1.83. The van der Waals surface area contributed by atoms with E-state index in [-0.39, 0.29) is 6.61 Å². The van der Waals surface area contributed by atoms with Gasteiger partial charge in [-0.15, -0.1) is 0 Å². The maximum absolute atomic E-state index is 8.65. The van der Waals surface area contributed by atoms with E-state index >= 15 is 0 Å². The summed E-state index contributed by atoms with van der Waals surface area (Å²) in [6.45, 7) is 0.271. The number of aliphatic hydroxyl groups excluding tert-OH is 2. The first-order chi connectivity index (χ1) is 3.81. The van der Waals surface area contributed by atoms with Crippen molar-refractivity contribution in [1.29, 1.82) is 0 Å². The molecule has 49 valence electrons. The first-order valence-electron chi connectivity index (χ1n) is 2.62. The largest absolute Gasteiger partial charge is 0.394 e. The van der Waals surface area contributed by atoms with E-state index < -0.39 is 6.10 Å². The molecule has 0 bridgehead atoms. The summed E-state index contributed by atoms with van der Waals surface area (Å²) in [5, 5.41) is 16.9. The fourth-order valence-electron chi connectivity index (χ4n) is 0.363. The predicted octanol–water partition coefficient (Wildman–Crippen LogP) is -1.11. The molecular formula is C5H12NO2. The molecule has 0 spiro atoms. The molecule has 0 aliphatic carbocycles. The highest BCUT2D eigenvalue weighted by Gasteiger charge is 1.98. The van der Waals surface area contributed by atoms with Crippen LogP contribution in [0.25, 0.3) is 0 Å². The standard InChI is InChI=1S/C5H12NO2/c6-3-1-2-5(8)4-7/h1,5,7-8H,2-4,6H2. The van der Waals surface area contributed by atoms with Crippen molar-refractivity contribution in [3.8, 4) is 0 Å². The molecule has 3 heteroatoms. The molecule has 0 aliphatic rings. The summed E-state index contributed by atoms with van der Waals surface area (Å²) in [4.78, 5) is 0. The van der Waals surface area contributed by atoms with E-state index in [9.17, 15) is 0 Å².